The van der Waals surface area contributed by atoms with Crippen LogP contribution in [0.25, 0.3) is 11.4 Å². The second-order valence-electron chi connectivity index (χ2n) is 5.36. The molecule has 9 nitrogen and oxygen atoms in total. The summed E-state index contributed by atoms with van der Waals surface area (Å²) in [4.78, 5) is 25.1. The van der Waals surface area contributed by atoms with E-state index in [-0.39, 0.29) is 6.54 Å². The normalized spacial score (nSPS) is 10.3. The number of carbonyl (C=O) groups is 2. The smallest absolute Gasteiger partial charge is 0.325 e. The molecule has 0 radical (unpaired) electrons. The predicted octanol–water partition coefficient (Wildman–Crippen LogP) is 2.46. The van der Waals surface area contributed by atoms with Crippen LogP contribution < -0.4 is 15.4 Å². The molecular weight excluding hydrogens is 416 g/mol. The molecule has 27 heavy (non-hydrogen) atoms. The molecule has 2 aromatic carbocycles. The first-order valence-corrected chi connectivity index (χ1v) is 8.62. The number of aromatic nitrogens is 4. The Morgan fingerprint density at radius 1 is 1.19 bits per heavy atom. The third-order valence-electron chi connectivity index (χ3n) is 3.43. The van der Waals surface area contributed by atoms with Crippen LogP contribution >= 0.6 is 15.9 Å². The van der Waals surface area contributed by atoms with Crippen LogP contribution in [-0.4, -0.2) is 39.3 Å². The molecule has 138 valence electrons. The summed E-state index contributed by atoms with van der Waals surface area (Å²) in [5.41, 5.74) is 1.26. The van der Waals surface area contributed by atoms with E-state index < -0.39 is 11.9 Å². The molecule has 2 N–H and O–H groups in total. The molecule has 0 fully saturated rings. The highest BCUT2D eigenvalue weighted by molar-refractivity contribution is 9.10. The Bertz CT molecular complexity index is 960. The van der Waals surface area contributed by atoms with Gasteiger partial charge in [0.05, 0.1) is 11.6 Å². The molecule has 1 heterocycles. The van der Waals surface area contributed by atoms with Crippen molar-refractivity contribution in [1.82, 2.24) is 25.5 Å². The van der Waals surface area contributed by atoms with Crippen LogP contribution in [0.4, 0.5) is 10.5 Å². The predicted molar refractivity (Wildman–Crippen MR) is 101 cm³/mol. The summed E-state index contributed by atoms with van der Waals surface area (Å²) in [5.74, 6) is 0.378. The molecule has 0 aliphatic carbocycles. The lowest BCUT2D eigenvalue weighted by atomic mass is 10.2. The number of methoxy groups -OCH3 is 1. The van der Waals surface area contributed by atoms with Crippen LogP contribution in [0.2, 0.25) is 0 Å². The molecule has 0 saturated carbocycles. The number of urea groups is 1. The average Bonchev–Trinajstić information content (AvgIpc) is 3.12. The van der Waals surface area contributed by atoms with Gasteiger partial charge in [-0.3, -0.25) is 10.1 Å². The number of halogens is 1. The first-order chi connectivity index (χ1) is 13.0. The van der Waals surface area contributed by atoms with Crippen molar-refractivity contribution in [3.05, 3.63) is 53.0 Å². The molecule has 3 aromatic rings. The maximum absolute atomic E-state index is 12.0. The van der Waals surface area contributed by atoms with E-state index >= 15 is 0 Å². The van der Waals surface area contributed by atoms with E-state index in [4.69, 9.17) is 4.74 Å². The van der Waals surface area contributed by atoms with Gasteiger partial charge in [-0.05, 0) is 33.3 Å². The van der Waals surface area contributed by atoms with Gasteiger partial charge in [0.1, 0.15) is 12.3 Å². The van der Waals surface area contributed by atoms with Crippen LogP contribution in [0.15, 0.2) is 53.0 Å². The van der Waals surface area contributed by atoms with Gasteiger partial charge in [0.2, 0.25) is 5.82 Å². The summed E-state index contributed by atoms with van der Waals surface area (Å²) in [6.07, 6.45) is 0. The number of hydrogen-bond donors (Lipinski definition) is 2. The highest BCUT2D eigenvalue weighted by atomic mass is 79.9. The van der Waals surface area contributed by atoms with Crippen molar-refractivity contribution in [2.45, 2.75) is 6.54 Å². The Morgan fingerprint density at radius 3 is 2.70 bits per heavy atom. The third kappa shape index (κ3) is 4.88. The van der Waals surface area contributed by atoms with Gasteiger partial charge in [-0.15, -0.1) is 10.2 Å². The number of hydrogen-bond acceptors (Lipinski definition) is 6. The van der Waals surface area contributed by atoms with Crippen LogP contribution in [0, 0.1) is 0 Å². The maximum Gasteiger partial charge on any atom is 0.325 e. The van der Waals surface area contributed by atoms with Crippen LogP contribution in [0.3, 0.4) is 0 Å². The molecule has 0 saturated heterocycles. The minimum atomic E-state index is -0.673. The van der Waals surface area contributed by atoms with Crippen molar-refractivity contribution >= 4 is 33.6 Å². The van der Waals surface area contributed by atoms with E-state index in [1.165, 1.54) is 7.11 Å². The number of benzene rings is 2. The van der Waals surface area contributed by atoms with Crippen molar-refractivity contribution in [3.8, 4) is 17.1 Å². The number of nitrogens with one attached hydrogen (secondary N) is 2. The van der Waals surface area contributed by atoms with Crippen molar-refractivity contribution in [1.29, 1.82) is 0 Å². The summed E-state index contributed by atoms with van der Waals surface area (Å²) in [7, 11) is 1.52. The standard InChI is InChI=1S/C17H15BrN6O3/c1-27-14-9-12(7-8-13(14)18)19-17(26)20-15(25)10-24-22-16(21-23-24)11-5-3-2-4-6-11/h2-9H,10H2,1H3,(H2,19,20,25,26). The number of ether oxygens (including phenoxy) is 1. The SMILES string of the molecule is COc1cc(NC(=O)NC(=O)Cn2nnc(-c3ccccc3)n2)ccc1Br. The van der Waals surface area contributed by atoms with Gasteiger partial charge in [-0.1, -0.05) is 30.3 Å². The number of carbonyl (C=O) groups excluding carboxylic acids is 2. The van der Waals surface area contributed by atoms with Gasteiger partial charge in [0, 0.05) is 17.3 Å². The number of tetrazole rings is 1. The van der Waals surface area contributed by atoms with E-state index in [9.17, 15) is 9.59 Å². The van der Waals surface area contributed by atoms with Gasteiger partial charge >= 0.3 is 6.03 Å². The number of anilines is 1. The molecule has 0 atom stereocenters. The fraction of sp³-hybridized carbons (Fsp3) is 0.118. The largest absolute Gasteiger partial charge is 0.495 e. The number of nitrogens with zero attached hydrogens (tertiary/aromatic N) is 4. The molecule has 3 rings (SSSR count). The molecule has 0 aliphatic rings. The van der Waals surface area contributed by atoms with Crippen molar-refractivity contribution in [2.24, 2.45) is 0 Å². The van der Waals surface area contributed by atoms with Gasteiger partial charge in [-0.25, -0.2) is 4.79 Å². The fourth-order valence-corrected chi connectivity index (χ4v) is 2.62. The Balaban J connectivity index is 1.56. The molecule has 0 bridgehead atoms. The Hall–Kier alpha value is -3.27. The van der Waals surface area contributed by atoms with Gasteiger partial charge < -0.3 is 10.1 Å². The Labute approximate surface area is 162 Å². The third-order valence-corrected chi connectivity index (χ3v) is 4.09. The van der Waals surface area contributed by atoms with E-state index in [0.717, 1.165) is 14.8 Å². The van der Waals surface area contributed by atoms with Crippen LogP contribution in [0.5, 0.6) is 5.75 Å². The van der Waals surface area contributed by atoms with E-state index in [1.807, 2.05) is 30.3 Å². The van der Waals surface area contributed by atoms with Gasteiger partial charge in [-0.2, -0.15) is 4.80 Å². The molecular formula is C17H15BrN6O3. The van der Waals surface area contributed by atoms with Gasteiger partial charge in [0.15, 0.2) is 0 Å². The van der Waals surface area contributed by atoms with Crippen molar-refractivity contribution in [2.75, 3.05) is 12.4 Å². The Morgan fingerprint density at radius 2 is 1.96 bits per heavy atom. The van der Waals surface area contributed by atoms with E-state index in [0.29, 0.717) is 17.3 Å². The summed E-state index contributed by atoms with van der Waals surface area (Å²) in [5, 5.41) is 16.6. The molecule has 3 amide bonds. The highest BCUT2D eigenvalue weighted by Gasteiger charge is 2.12. The van der Waals surface area contributed by atoms with E-state index in [2.05, 4.69) is 42.0 Å². The number of rotatable bonds is 5. The maximum atomic E-state index is 12.0. The zero-order valence-corrected chi connectivity index (χ0v) is 15.8. The first-order valence-electron chi connectivity index (χ1n) is 7.83. The lowest BCUT2D eigenvalue weighted by molar-refractivity contribution is -0.120. The molecule has 0 aliphatic heterocycles. The molecule has 10 heteroatoms. The summed E-state index contributed by atoms with van der Waals surface area (Å²) < 4.78 is 5.90. The first kappa shape index (κ1) is 18.5. The second kappa shape index (κ2) is 8.41. The lowest BCUT2D eigenvalue weighted by Crippen LogP contribution is -2.37. The minimum absolute atomic E-state index is 0.239. The minimum Gasteiger partial charge on any atom is -0.495 e. The summed E-state index contributed by atoms with van der Waals surface area (Å²) >= 11 is 3.32. The van der Waals surface area contributed by atoms with E-state index in [1.54, 1.807) is 18.2 Å². The monoisotopic (exact) mass is 430 g/mol. The van der Waals surface area contributed by atoms with Crippen LogP contribution in [-0.2, 0) is 11.3 Å². The quantitative estimate of drug-likeness (QED) is 0.642. The Kier molecular flexibility index (Phi) is 5.77. The van der Waals surface area contributed by atoms with Crippen molar-refractivity contribution in [3.63, 3.8) is 0 Å². The molecule has 0 spiro atoms. The zero-order valence-electron chi connectivity index (χ0n) is 14.2. The lowest BCUT2D eigenvalue weighted by Gasteiger charge is -2.09. The average molecular weight is 431 g/mol. The fourth-order valence-electron chi connectivity index (χ4n) is 2.21. The topological polar surface area (TPSA) is 111 Å². The number of imide groups is 1. The number of amides is 3. The summed E-state index contributed by atoms with van der Waals surface area (Å²) in [6, 6.07) is 13.6. The van der Waals surface area contributed by atoms with Crippen molar-refractivity contribution < 1.29 is 14.3 Å². The highest BCUT2D eigenvalue weighted by Crippen LogP contribution is 2.27. The van der Waals surface area contributed by atoms with Gasteiger partial charge in [0.25, 0.3) is 5.91 Å². The van der Waals surface area contributed by atoms with Crippen LogP contribution in [0.1, 0.15) is 0 Å². The molecule has 1 aromatic heterocycles. The molecule has 0 unspecified atom stereocenters. The zero-order chi connectivity index (χ0) is 19.2. The summed E-state index contributed by atoms with van der Waals surface area (Å²) in [6.45, 7) is -0.239. The second-order valence-corrected chi connectivity index (χ2v) is 6.22.